The van der Waals surface area contributed by atoms with Crippen LogP contribution < -0.4 is 5.32 Å². The second-order valence-electron chi connectivity index (χ2n) is 4.29. The summed E-state index contributed by atoms with van der Waals surface area (Å²) < 4.78 is 0. The number of pyridine rings is 1. The zero-order valence-electron chi connectivity index (χ0n) is 10.8. The van der Waals surface area contributed by atoms with Crippen LogP contribution in [0.2, 0.25) is 0 Å². The average Bonchev–Trinajstić information content (AvgIpc) is 2.39. The zero-order chi connectivity index (χ0) is 13.8. The third-order valence-electron chi connectivity index (χ3n) is 2.76. The van der Waals surface area contributed by atoms with Gasteiger partial charge >= 0.3 is 5.69 Å². The molecule has 0 aliphatic heterocycles. The van der Waals surface area contributed by atoms with Gasteiger partial charge in [0, 0.05) is 17.2 Å². The molecule has 6 heteroatoms. The molecule has 1 atom stereocenters. The first-order valence-corrected chi connectivity index (χ1v) is 7.30. The number of hydrogen-bond donors (Lipinski definition) is 1. The number of thioether (sulfide) groups is 1. The third kappa shape index (κ3) is 2.96. The first-order valence-electron chi connectivity index (χ1n) is 5.91. The van der Waals surface area contributed by atoms with Crippen molar-refractivity contribution in [3.05, 3.63) is 40.6 Å². The van der Waals surface area contributed by atoms with Gasteiger partial charge in [-0.15, -0.1) is 0 Å². The van der Waals surface area contributed by atoms with E-state index in [0.717, 1.165) is 16.7 Å². The van der Waals surface area contributed by atoms with E-state index in [1.807, 2.05) is 37.4 Å². The number of nitrogens with one attached hydrogen (secondary N) is 1. The molecule has 0 aliphatic carbocycles. The van der Waals surface area contributed by atoms with Gasteiger partial charge < -0.3 is 5.32 Å². The maximum Gasteiger partial charge on any atom is 0.311 e. The lowest BCUT2D eigenvalue weighted by Crippen LogP contribution is -2.18. The Kier molecular flexibility index (Phi) is 4.21. The van der Waals surface area contributed by atoms with Gasteiger partial charge in [-0.05, 0) is 19.2 Å². The molecule has 0 saturated carbocycles. The van der Waals surface area contributed by atoms with Gasteiger partial charge in [-0.2, -0.15) is 11.8 Å². The molecule has 1 aromatic carbocycles. The van der Waals surface area contributed by atoms with E-state index < -0.39 is 4.92 Å². The molecular formula is C13H15N3O2S. The molecule has 5 nitrogen and oxygen atoms in total. The van der Waals surface area contributed by atoms with E-state index in [4.69, 9.17) is 0 Å². The van der Waals surface area contributed by atoms with Gasteiger partial charge in [0.15, 0.2) is 0 Å². The summed E-state index contributed by atoms with van der Waals surface area (Å²) in [6.45, 7) is 2.01. The largest absolute Gasteiger partial charge is 0.376 e. The molecule has 0 radical (unpaired) electrons. The highest BCUT2D eigenvalue weighted by Gasteiger charge is 2.19. The summed E-state index contributed by atoms with van der Waals surface area (Å²) in [6.07, 6.45) is 3.33. The van der Waals surface area contributed by atoms with Crippen molar-refractivity contribution in [1.29, 1.82) is 0 Å². The predicted molar refractivity (Wildman–Crippen MR) is 79.9 cm³/mol. The number of para-hydroxylation sites is 1. The highest BCUT2D eigenvalue weighted by atomic mass is 32.2. The Hall–Kier alpha value is -1.82. The highest BCUT2D eigenvalue weighted by Crippen LogP contribution is 2.32. The van der Waals surface area contributed by atoms with E-state index in [1.54, 1.807) is 11.8 Å². The van der Waals surface area contributed by atoms with Crippen LogP contribution in [0.1, 0.15) is 6.92 Å². The van der Waals surface area contributed by atoms with E-state index in [0.29, 0.717) is 5.69 Å². The lowest BCUT2D eigenvalue weighted by Gasteiger charge is -2.15. The van der Waals surface area contributed by atoms with Crippen LogP contribution >= 0.6 is 11.8 Å². The van der Waals surface area contributed by atoms with Crippen molar-refractivity contribution in [2.45, 2.75) is 13.0 Å². The molecular weight excluding hydrogens is 262 g/mol. The van der Waals surface area contributed by atoms with Crippen molar-refractivity contribution in [3.8, 4) is 0 Å². The fraction of sp³-hybridized carbons (Fsp3) is 0.308. The zero-order valence-corrected chi connectivity index (χ0v) is 11.6. The van der Waals surface area contributed by atoms with Crippen LogP contribution in [0.5, 0.6) is 0 Å². The second kappa shape index (κ2) is 5.88. The Labute approximate surface area is 115 Å². The number of nitro groups is 1. The number of aromatic nitrogens is 1. The summed E-state index contributed by atoms with van der Waals surface area (Å²) in [6, 6.07) is 7.58. The van der Waals surface area contributed by atoms with Crippen LogP contribution in [0, 0.1) is 10.1 Å². The van der Waals surface area contributed by atoms with Crippen molar-refractivity contribution in [2.75, 3.05) is 17.3 Å². The maximum atomic E-state index is 11.1. The van der Waals surface area contributed by atoms with E-state index in [-0.39, 0.29) is 11.7 Å². The minimum atomic E-state index is -0.395. The number of rotatable bonds is 5. The number of benzene rings is 1. The minimum absolute atomic E-state index is 0.0200. The Morgan fingerprint density at radius 2 is 2.21 bits per heavy atom. The molecule has 2 aromatic rings. The molecule has 1 N–H and O–H groups in total. The fourth-order valence-corrected chi connectivity index (χ4v) is 2.54. The molecule has 0 spiro atoms. The van der Waals surface area contributed by atoms with Crippen LogP contribution in [0.3, 0.4) is 0 Å². The average molecular weight is 277 g/mol. The van der Waals surface area contributed by atoms with Gasteiger partial charge in [-0.25, -0.2) is 4.98 Å². The molecule has 0 amide bonds. The molecule has 1 unspecified atom stereocenters. The Bertz CT molecular complexity index is 603. The van der Waals surface area contributed by atoms with Crippen LogP contribution in [-0.2, 0) is 0 Å². The van der Waals surface area contributed by atoms with Crippen LogP contribution in [0.4, 0.5) is 11.4 Å². The van der Waals surface area contributed by atoms with Crippen molar-refractivity contribution in [1.82, 2.24) is 4.98 Å². The molecule has 2 rings (SSSR count). The fourth-order valence-electron chi connectivity index (χ4n) is 1.96. The summed E-state index contributed by atoms with van der Waals surface area (Å²) in [4.78, 5) is 14.9. The molecule has 19 heavy (non-hydrogen) atoms. The Morgan fingerprint density at radius 1 is 1.47 bits per heavy atom. The number of anilines is 1. The van der Waals surface area contributed by atoms with Crippen LogP contribution in [-0.4, -0.2) is 28.0 Å². The van der Waals surface area contributed by atoms with Gasteiger partial charge in [-0.3, -0.25) is 10.1 Å². The topological polar surface area (TPSA) is 68.1 Å². The van der Waals surface area contributed by atoms with Gasteiger partial charge in [0.1, 0.15) is 11.9 Å². The summed E-state index contributed by atoms with van der Waals surface area (Å²) in [5, 5.41) is 15.1. The standard InChI is InChI=1S/C13H15N3O2S/c1-9(8-19-2)15-13-10-5-3-4-6-11(10)14-7-12(13)16(17)18/h3-7,9H,8H2,1-2H3,(H,14,15). The summed E-state index contributed by atoms with van der Waals surface area (Å²) in [5.74, 6) is 0.883. The first kappa shape index (κ1) is 13.6. The van der Waals surface area contributed by atoms with Crippen molar-refractivity contribution < 1.29 is 4.92 Å². The summed E-state index contributed by atoms with van der Waals surface area (Å²) >= 11 is 1.70. The Morgan fingerprint density at radius 3 is 2.89 bits per heavy atom. The van der Waals surface area contributed by atoms with Gasteiger partial charge in [0.2, 0.25) is 0 Å². The number of fused-ring (bicyclic) bond motifs is 1. The first-order chi connectivity index (χ1) is 9.13. The molecule has 0 bridgehead atoms. The van der Waals surface area contributed by atoms with Crippen molar-refractivity contribution >= 4 is 34.0 Å². The van der Waals surface area contributed by atoms with Crippen LogP contribution in [0.25, 0.3) is 10.9 Å². The normalized spacial score (nSPS) is 12.3. The minimum Gasteiger partial charge on any atom is -0.376 e. The lowest BCUT2D eigenvalue weighted by molar-refractivity contribution is -0.384. The highest BCUT2D eigenvalue weighted by molar-refractivity contribution is 7.98. The molecule has 1 heterocycles. The smallest absolute Gasteiger partial charge is 0.311 e. The molecule has 100 valence electrons. The summed E-state index contributed by atoms with van der Waals surface area (Å²) in [5.41, 5.74) is 1.33. The maximum absolute atomic E-state index is 11.1. The molecule has 1 aromatic heterocycles. The van der Waals surface area contributed by atoms with Gasteiger partial charge in [0.25, 0.3) is 0 Å². The van der Waals surface area contributed by atoms with Gasteiger partial charge in [-0.1, -0.05) is 18.2 Å². The van der Waals surface area contributed by atoms with Crippen LogP contribution in [0.15, 0.2) is 30.5 Å². The third-order valence-corrected chi connectivity index (χ3v) is 3.59. The number of nitrogens with zero attached hydrogens (tertiary/aromatic N) is 2. The van der Waals surface area contributed by atoms with Gasteiger partial charge in [0.05, 0.1) is 10.4 Å². The van der Waals surface area contributed by atoms with E-state index in [2.05, 4.69) is 10.3 Å². The molecule has 0 aliphatic rings. The van der Waals surface area contributed by atoms with E-state index >= 15 is 0 Å². The summed E-state index contributed by atoms with van der Waals surface area (Å²) in [7, 11) is 0. The second-order valence-corrected chi connectivity index (χ2v) is 5.20. The quantitative estimate of drug-likeness (QED) is 0.670. The van der Waals surface area contributed by atoms with E-state index in [1.165, 1.54) is 6.20 Å². The number of hydrogen-bond acceptors (Lipinski definition) is 5. The lowest BCUT2D eigenvalue weighted by atomic mass is 10.1. The van der Waals surface area contributed by atoms with Crippen molar-refractivity contribution in [3.63, 3.8) is 0 Å². The Balaban J connectivity index is 2.52. The molecule has 0 saturated heterocycles. The van der Waals surface area contributed by atoms with Crippen molar-refractivity contribution in [2.24, 2.45) is 0 Å². The van der Waals surface area contributed by atoms with E-state index in [9.17, 15) is 10.1 Å². The predicted octanol–water partition coefficient (Wildman–Crippen LogP) is 3.31. The monoisotopic (exact) mass is 277 g/mol. The SMILES string of the molecule is CSCC(C)Nc1c([N+](=O)[O-])cnc2ccccc12. The molecule has 0 fully saturated rings.